The number of carbonyl (C=O) groups excluding carboxylic acids is 2. The number of pyridine rings is 1. The average Bonchev–Trinajstić information content (AvgIpc) is 2.77. The lowest BCUT2D eigenvalue weighted by atomic mass is 9.95. The van der Waals surface area contributed by atoms with E-state index in [2.05, 4.69) is 0 Å². The average molecular weight is 419 g/mol. The first-order chi connectivity index (χ1) is 14.9. The molecule has 2 amide bonds. The first-order valence-corrected chi connectivity index (χ1v) is 10.1. The minimum Gasteiger partial charge on any atom is -0.365 e. The third-order valence-electron chi connectivity index (χ3n) is 5.56. The maximum Gasteiger partial charge on any atom is 0.263 e. The zero-order chi connectivity index (χ0) is 22.0. The van der Waals surface area contributed by atoms with Gasteiger partial charge in [0.25, 0.3) is 17.4 Å². The summed E-state index contributed by atoms with van der Waals surface area (Å²) in [6.07, 6.45) is 2.66. The summed E-state index contributed by atoms with van der Waals surface area (Å²) in [6, 6.07) is 15.3. The molecule has 7 heteroatoms. The second-order valence-electron chi connectivity index (χ2n) is 7.59. The van der Waals surface area contributed by atoms with Crippen LogP contribution in [0.5, 0.6) is 0 Å². The molecule has 2 heterocycles. The number of halogens is 1. The first kappa shape index (κ1) is 20.5. The summed E-state index contributed by atoms with van der Waals surface area (Å²) in [5.74, 6) is -1.54. The highest BCUT2D eigenvalue weighted by Gasteiger charge is 2.27. The Kier molecular flexibility index (Phi) is 5.66. The Bertz CT molecular complexity index is 1200. The molecule has 0 saturated carbocycles. The van der Waals surface area contributed by atoms with Crippen molar-refractivity contribution in [3.8, 4) is 0 Å². The highest BCUT2D eigenvalue weighted by molar-refractivity contribution is 5.96. The van der Waals surface area contributed by atoms with Gasteiger partial charge in [0.1, 0.15) is 11.4 Å². The van der Waals surface area contributed by atoms with Crippen LogP contribution < -0.4 is 11.3 Å². The summed E-state index contributed by atoms with van der Waals surface area (Å²) in [5, 5.41) is 0. The van der Waals surface area contributed by atoms with Gasteiger partial charge in [-0.3, -0.25) is 14.4 Å². The van der Waals surface area contributed by atoms with E-state index in [0.717, 1.165) is 5.56 Å². The van der Waals surface area contributed by atoms with E-state index in [4.69, 9.17) is 5.73 Å². The number of carbonyl (C=O) groups is 2. The van der Waals surface area contributed by atoms with Crippen LogP contribution in [0.15, 0.2) is 65.6 Å². The summed E-state index contributed by atoms with van der Waals surface area (Å²) < 4.78 is 15.0. The molecule has 4 rings (SSSR count). The van der Waals surface area contributed by atoms with E-state index < -0.39 is 17.3 Å². The van der Waals surface area contributed by atoms with Crippen molar-refractivity contribution in [2.24, 2.45) is 5.73 Å². The quantitative estimate of drug-likeness (QED) is 0.690. The van der Waals surface area contributed by atoms with Gasteiger partial charge in [-0.25, -0.2) is 4.39 Å². The van der Waals surface area contributed by atoms with E-state index >= 15 is 0 Å². The summed E-state index contributed by atoms with van der Waals surface area (Å²) >= 11 is 0. The van der Waals surface area contributed by atoms with E-state index in [-0.39, 0.29) is 23.6 Å². The molecule has 0 fully saturated rings. The first-order valence-electron chi connectivity index (χ1n) is 10.1. The number of nitrogens with two attached hydrogens (primary N) is 1. The molecular formula is C24H22FN3O3. The standard InChI is InChI=1S/C24H22FN3O3/c25-19-8-4-7-17(13-19)23(30)27-12-10-20-18(14-27)15-28(24(31)21(20)22(26)29)11-9-16-5-2-1-3-6-16/h1-8,13,15H,9-12,14H2,(H2,26,29). The lowest BCUT2D eigenvalue weighted by Crippen LogP contribution is -2.40. The number of aromatic nitrogens is 1. The van der Waals surface area contributed by atoms with Gasteiger partial charge in [-0.05, 0) is 47.7 Å². The number of nitrogens with zero attached hydrogens (tertiary/aromatic N) is 2. The largest absolute Gasteiger partial charge is 0.365 e. The number of aryl methyl sites for hydroxylation is 2. The fraction of sp³-hybridized carbons (Fsp3) is 0.208. The van der Waals surface area contributed by atoms with Gasteiger partial charge >= 0.3 is 0 Å². The second kappa shape index (κ2) is 8.55. The van der Waals surface area contributed by atoms with Crippen LogP contribution in [0, 0.1) is 5.82 Å². The Labute approximate surface area is 178 Å². The molecular weight excluding hydrogens is 397 g/mol. The molecule has 158 valence electrons. The maximum atomic E-state index is 13.5. The van der Waals surface area contributed by atoms with Crippen molar-refractivity contribution in [2.45, 2.75) is 25.9 Å². The molecule has 0 aliphatic carbocycles. The summed E-state index contributed by atoms with van der Waals surface area (Å²) in [7, 11) is 0. The lowest BCUT2D eigenvalue weighted by Gasteiger charge is -2.30. The van der Waals surface area contributed by atoms with Crippen LogP contribution in [-0.2, 0) is 25.9 Å². The van der Waals surface area contributed by atoms with Crippen molar-refractivity contribution in [1.82, 2.24) is 9.47 Å². The number of primary amides is 1. The molecule has 0 unspecified atom stereocenters. The van der Waals surface area contributed by atoms with Crippen LogP contribution in [-0.4, -0.2) is 27.8 Å². The van der Waals surface area contributed by atoms with Crippen LogP contribution in [0.2, 0.25) is 0 Å². The highest BCUT2D eigenvalue weighted by Crippen LogP contribution is 2.22. The van der Waals surface area contributed by atoms with Gasteiger partial charge in [-0.15, -0.1) is 0 Å². The van der Waals surface area contributed by atoms with Gasteiger partial charge < -0.3 is 15.2 Å². The smallest absolute Gasteiger partial charge is 0.263 e. The molecule has 6 nitrogen and oxygen atoms in total. The van der Waals surface area contributed by atoms with E-state index in [9.17, 15) is 18.8 Å². The van der Waals surface area contributed by atoms with Gasteiger partial charge in [0, 0.05) is 31.4 Å². The van der Waals surface area contributed by atoms with E-state index in [1.165, 1.54) is 22.8 Å². The molecule has 31 heavy (non-hydrogen) atoms. The second-order valence-corrected chi connectivity index (χ2v) is 7.59. The fourth-order valence-corrected chi connectivity index (χ4v) is 4.00. The monoisotopic (exact) mass is 419 g/mol. The summed E-state index contributed by atoms with van der Waals surface area (Å²) in [4.78, 5) is 39.4. The number of hydrogen-bond donors (Lipinski definition) is 1. The number of fused-ring (bicyclic) bond motifs is 1. The molecule has 0 atom stereocenters. The minimum absolute atomic E-state index is 0.0107. The molecule has 1 aliphatic heterocycles. The van der Waals surface area contributed by atoms with Gasteiger partial charge in [-0.2, -0.15) is 0 Å². The highest BCUT2D eigenvalue weighted by atomic mass is 19.1. The van der Waals surface area contributed by atoms with Gasteiger partial charge in [0.15, 0.2) is 0 Å². The number of rotatable bonds is 5. The van der Waals surface area contributed by atoms with Crippen LogP contribution >= 0.6 is 0 Å². The molecule has 2 N–H and O–H groups in total. The topological polar surface area (TPSA) is 85.4 Å². The van der Waals surface area contributed by atoms with E-state index in [1.54, 1.807) is 17.2 Å². The molecule has 3 aromatic rings. The van der Waals surface area contributed by atoms with E-state index in [1.807, 2.05) is 30.3 Å². The van der Waals surface area contributed by atoms with Crippen molar-refractivity contribution in [2.75, 3.05) is 6.54 Å². The van der Waals surface area contributed by atoms with Gasteiger partial charge in [0.2, 0.25) is 0 Å². The molecule has 1 aromatic heterocycles. The van der Waals surface area contributed by atoms with Crippen molar-refractivity contribution < 1.29 is 14.0 Å². The third kappa shape index (κ3) is 4.26. The Balaban J connectivity index is 1.65. The fourth-order valence-electron chi connectivity index (χ4n) is 4.00. The van der Waals surface area contributed by atoms with Gasteiger partial charge in [-0.1, -0.05) is 36.4 Å². The predicted molar refractivity (Wildman–Crippen MR) is 114 cm³/mol. The normalized spacial score (nSPS) is 13.0. The minimum atomic E-state index is -0.764. The maximum absolute atomic E-state index is 13.5. The van der Waals surface area contributed by atoms with Crippen LogP contribution in [0.25, 0.3) is 0 Å². The predicted octanol–water partition coefficient (Wildman–Crippen LogP) is 2.53. The summed E-state index contributed by atoms with van der Waals surface area (Å²) in [5.41, 5.74) is 7.75. The van der Waals surface area contributed by atoms with Gasteiger partial charge in [0.05, 0.1) is 0 Å². The van der Waals surface area contributed by atoms with Crippen LogP contribution in [0.1, 0.15) is 37.4 Å². The molecule has 0 radical (unpaired) electrons. The third-order valence-corrected chi connectivity index (χ3v) is 5.56. The zero-order valence-electron chi connectivity index (χ0n) is 16.9. The van der Waals surface area contributed by atoms with Crippen molar-refractivity contribution >= 4 is 11.8 Å². The lowest BCUT2D eigenvalue weighted by molar-refractivity contribution is 0.0733. The van der Waals surface area contributed by atoms with Crippen molar-refractivity contribution in [3.63, 3.8) is 0 Å². The number of hydrogen-bond acceptors (Lipinski definition) is 3. The molecule has 1 aliphatic rings. The molecule has 0 spiro atoms. The SMILES string of the molecule is NC(=O)c1c2c(cn(CCc3ccccc3)c1=O)CN(C(=O)c1cccc(F)c1)CC2. The number of amides is 2. The van der Waals surface area contributed by atoms with E-state index in [0.29, 0.717) is 37.1 Å². The molecule has 0 saturated heterocycles. The summed E-state index contributed by atoms with van der Waals surface area (Å²) in [6.45, 7) is 0.918. The zero-order valence-corrected chi connectivity index (χ0v) is 16.9. The van der Waals surface area contributed by atoms with Crippen LogP contribution in [0.3, 0.4) is 0 Å². The Morgan fingerprint density at radius 3 is 2.55 bits per heavy atom. The molecule has 2 aromatic carbocycles. The molecule has 0 bridgehead atoms. The Morgan fingerprint density at radius 2 is 1.84 bits per heavy atom. The number of benzene rings is 2. The van der Waals surface area contributed by atoms with Crippen molar-refractivity contribution in [3.05, 3.63) is 105 Å². The Morgan fingerprint density at radius 1 is 1.06 bits per heavy atom. The van der Waals surface area contributed by atoms with Crippen LogP contribution in [0.4, 0.5) is 4.39 Å². The Hall–Kier alpha value is -3.74. The van der Waals surface area contributed by atoms with Crippen molar-refractivity contribution in [1.29, 1.82) is 0 Å².